The van der Waals surface area contributed by atoms with Crippen molar-refractivity contribution in [2.24, 2.45) is 0 Å². The summed E-state index contributed by atoms with van der Waals surface area (Å²) < 4.78 is 37.7. The van der Waals surface area contributed by atoms with E-state index in [9.17, 15) is 13.2 Å². The Balaban J connectivity index is 1.61. The van der Waals surface area contributed by atoms with Crippen LogP contribution in [0.25, 0.3) is 0 Å². The summed E-state index contributed by atoms with van der Waals surface area (Å²) >= 11 is 0. The third-order valence-corrected chi connectivity index (χ3v) is 6.55. The summed E-state index contributed by atoms with van der Waals surface area (Å²) in [4.78, 5) is 12.3. The number of hydrogen-bond acceptors (Lipinski definition) is 6. The summed E-state index contributed by atoms with van der Waals surface area (Å²) in [5.74, 6) is 0.280. The fraction of sp³-hybridized carbons (Fsp3) is 0.200. The van der Waals surface area contributed by atoms with Gasteiger partial charge in [-0.05, 0) is 60.9 Å². The number of carbonyl (C=O) groups excluding carboxylic acids is 1. The molecule has 150 valence electrons. The number of nitrogens with zero attached hydrogens (tertiary/aromatic N) is 2. The number of ether oxygens (including phenoxy) is 1. The molecule has 0 saturated carbocycles. The molecule has 0 aliphatic carbocycles. The molecule has 1 aromatic heterocycles. The smallest absolute Gasteiger partial charge is 0.294 e. The number of anilines is 2. The van der Waals surface area contributed by atoms with Crippen molar-refractivity contribution in [1.29, 1.82) is 0 Å². The molecule has 29 heavy (non-hydrogen) atoms. The van der Waals surface area contributed by atoms with Gasteiger partial charge in [-0.2, -0.15) is 0 Å². The molecule has 0 fully saturated rings. The molecule has 0 atom stereocenters. The molecule has 8 nitrogen and oxygen atoms in total. The standard InChI is InChI=1S/C20H19N3O5S/c1-27-16-5-7-17(8-6-16)29(25,26)23-12-2-3-14-13-15(4-9-18(14)23)22-20(24)19-10-11-21-28-19/h4-11,13H,2-3,12H2,1H3,(H,22,24). The maximum absolute atomic E-state index is 13.2. The van der Waals surface area contributed by atoms with Gasteiger partial charge in [-0.25, -0.2) is 8.42 Å². The zero-order valence-corrected chi connectivity index (χ0v) is 16.5. The van der Waals surface area contributed by atoms with E-state index in [4.69, 9.17) is 9.26 Å². The highest BCUT2D eigenvalue weighted by Crippen LogP contribution is 2.34. The van der Waals surface area contributed by atoms with E-state index in [2.05, 4.69) is 10.5 Å². The lowest BCUT2D eigenvalue weighted by Gasteiger charge is -2.31. The minimum Gasteiger partial charge on any atom is -0.497 e. The highest BCUT2D eigenvalue weighted by Gasteiger charge is 2.29. The van der Waals surface area contributed by atoms with E-state index in [1.807, 2.05) is 0 Å². The number of nitrogens with one attached hydrogen (secondary N) is 1. The van der Waals surface area contributed by atoms with Crippen molar-refractivity contribution in [2.45, 2.75) is 17.7 Å². The second-order valence-corrected chi connectivity index (χ2v) is 8.39. The third kappa shape index (κ3) is 3.68. The molecule has 1 aliphatic heterocycles. The van der Waals surface area contributed by atoms with E-state index in [-0.39, 0.29) is 10.7 Å². The first-order valence-corrected chi connectivity index (χ1v) is 10.4. The molecule has 0 bridgehead atoms. The van der Waals surface area contributed by atoms with E-state index < -0.39 is 15.9 Å². The van der Waals surface area contributed by atoms with Gasteiger partial charge in [0, 0.05) is 18.3 Å². The molecular weight excluding hydrogens is 394 g/mol. The van der Waals surface area contributed by atoms with Crippen molar-refractivity contribution in [3.8, 4) is 5.75 Å². The van der Waals surface area contributed by atoms with E-state index in [1.54, 1.807) is 30.3 Å². The number of aryl methyl sites for hydroxylation is 1. The summed E-state index contributed by atoms with van der Waals surface area (Å²) in [6.07, 6.45) is 2.79. The Hall–Kier alpha value is -3.33. The number of hydrogen-bond donors (Lipinski definition) is 1. The molecule has 0 saturated heterocycles. The van der Waals surface area contributed by atoms with Crippen LogP contribution in [0, 0.1) is 0 Å². The molecule has 2 heterocycles. The average molecular weight is 413 g/mol. The van der Waals surface area contributed by atoms with Gasteiger partial charge >= 0.3 is 0 Å². The lowest BCUT2D eigenvalue weighted by Crippen LogP contribution is -2.35. The number of sulfonamides is 1. The summed E-state index contributed by atoms with van der Waals surface area (Å²) in [5.41, 5.74) is 2.03. The Labute approximate surface area is 168 Å². The monoisotopic (exact) mass is 413 g/mol. The summed E-state index contributed by atoms with van der Waals surface area (Å²) in [6, 6.07) is 13.0. The maximum Gasteiger partial charge on any atom is 0.294 e. The first-order valence-electron chi connectivity index (χ1n) is 9.01. The van der Waals surface area contributed by atoms with Crippen molar-refractivity contribution in [1.82, 2.24) is 5.16 Å². The highest BCUT2D eigenvalue weighted by molar-refractivity contribution is 7.92. The first kappa shape index (κ1) is 19.0. The van der Waals surface area contributed by atoms with Crippen LogP contribution in [0.3, 0.4) is 0 Å². The third-order valence-electron chi connectivity index (χ3n) is 4.72. The Morgan fingerprint density at radius 2 is 1.97 bits per heavy atom. The van der Waals surface area contributed by atoms with E-state index in [0.717, 1.165) is 12.0 Å². The van der Waals surface area contributed by atoms with Gasteiger partial charge < -0.3 is 14.6 Å². The molecule has 0 unspecified atom stereocenters. The molecule has 1 N–H and O–H groups in total. The van der Waals surface area contributed by atoms with Crippen LogP contribution in [-0.2, 0) is 16.4 Å². The van der Waals surface area contributed by atoms with E-state index in [0.29, 0.717) is 30.1 Å². The molecular formula is C20H19N3O5S. The molecule has 3 aromatic rings. The first-order chi connectivity index (χ1) is 14.0. The number of rotatable bonds is 5. The quantitative estimate of drug-likeness (QED) is 0.690. The number of methoxy groups -OCH3 is 1. The number of fused-ring (bicyclic) bond motifs is 1. The average Bonchev–Trinajstić information content (AvgIpc) is 3.28. The van der Waals surface area contributed by atoms with Crippen molar-refractivity contribution >= 4 is 27.3 Å². The summed E-state index contributed by atoms with van der Waals surface area (Å²) in [5, 5.41) is 6.25. The predicted molar refractivity (Wildman–Crippen MR) is 107 cm³/mol. The van der Waals surface area contributed by atoms with Crippen molar-refractivity contribution in [2.75, 3.05) is 23.3 Å². The number of benzene rings is 2. The molecule has 4 rings (SSSR count). The predicted octanol–water partition coefficient (Wildman–Crippen LogP) is 3.08. The second kappa shape index (κ2) is 7.59. The highest BCUT2D eigenvalue weighted by atomic mass is 32.2. The number of aromatic nitrogens is 1. The topological polar surface area (TPSA) is 102 Å². The van der Waals surface area contributed by atoms with Gasteiger partial charge in [0.15, 0.2) is 0 Å². The van der Waals surface area contributed by atoms with Gasteiger partial charge in [0.1, 0.15) is 5.75 Å². The Kier molecular flexibility index (Phi) is 4.98. The van der Waals surface area contributed by atoms with Crippen LogP contribution >= 0.6 is 0 Å². The largest absolute Gasteiger partial charge is 0.497 e. The van der Waals surface area contributed by atoms with Crippen LogP contribution in [0.5, 0.6) is 5.75 Å². The number of carbonyl (C=O) groups is 1. The fourth-order valence-corrected chi connectivity index (χ4v) is 4.83. The Bertz CT molecular complexity index is 1130. The zero-order chi connectivity index (χ0) is 20.4. The van der Waals surface area contributed by atoms with Gasteiger partial charge in [-0.3, -0.25) is 9.10 Å². The van der Waals surface area contributed by atoms with Gasteiger partial charge in [-0.1, -0.05) is 5.16 Å². The van der Waals surface area contributed by atoms with Crippen molar-refractivity contribution in [3.05, 3.63) is 66.1 Å². The number of amides is 1. The lowest BCUT2D eigenvalue weighted by atomic mass is 10.0. The molecule has 1 amide bonds. The normalized spacial score (nSPS) is 13.6. The van der Waals surface area contributed by atoms with E-state index >= 15 is 0 Å². The fourth-order valence-electron chi connectivity index (χ4n) is 3.29. The lowest BCUT2D eigenvalue weighted by molar-refractivity contribution is 0.0988. The minimum atomic E-state index is -3.70. The SMILES string of the molecule is COc1ccc(S(=O)(=O)N2CCCc3cc(NC(=O)c4ccno4)ccc32)cc1. The van der Waals surface area contributed by atoms with Gasteiger partial charge in [0.2, 0.25) is 5.76 Å². The van der Waals surface area contributed by atoms with Crippen LogP contribution < -0.4 is 14.4 Å². The minimum absolute atomic E-state index is 0.103. The van der Waals surface area contributed by atoms with Gasteiger partial charge in [-0.15, -0.1) is 0 Å². The van der Waals surface area contributed by atoms with Gasteiger partial charge in [0.25, 0.3) is 15.9 Å². The van der Waals surface area contributed by atoms with Crippen LogP contribution in [0.4, 0.5) is 11.4 Å². The zero-order valence-electron chi connectivity index (χ0n) is 15.7. The molecule has 0 radical (unpaired) electrons. The second-order valence-electron chi connectivity index (χ2n) is 6.53. The van der Waals surface area contributed by atoms with Crippen LogP contribution in [0.2, 0.25) is 0 Å². The summed E-state index contributed by atoms with van der Waals surface area (Å²) in [6.45, 7) is 0.394. The van der Waals surface area contributed by atoms with Crippen LogP contribution in [0.15, 0.2) is 64.1 Å². The van der Waals surface area contributed by atoms with E-state index in [1.165, 1.54) is 35.8 Å². The summed E-state index contributed by atoms with van der Waals surface area (Å²) in [7, 11) is -2.17. The molecule has 1 aliphatic rings. The Morgan fingerprint density at radius 3 is 2.66 bits per heavy atom. The van der Waals surface area contributed by atoms with Crippen molar-refractivity contribution in [3.63, 3.8) is 0 Å². The molecule has 9 heteroatoms. The van der Waals surface area contributed by atoms with Crippen molar-refractivity contribution < 1.29 is 22.5 Å². The van der Waals surface area contributed by atoms with Crippen LogP contribution in [0.1, 0.15) is 22.5 Å². The van der Waals surface area contributed by atoms with Gasteiger partial charge in [0.05, 0.1) is 23.9 Å². The molecule has 2 aromatic carbocycles. The maximum atomic E-state index is 13.2. The molecule has 0 spiro atoms. The van der Waals surface area contributed by atoms with Crippen LogP contribution in [-0.4, -0.2) is 33.1 Å². The Morgan fingerprint density at radius 1 is 1.17 bits per heavy atom.